The molecule has 0 atom stereocenters. The fraction of sp³-hybridized carbons (Fsp3) is 0.500. The van der Waals surface area contributed by atoms with Crippen LogP contribution in [0.2, 0.25) is 0 Å². The summed E-state index contributed by atoms with van der Waals surface area (Å²) in [7, 11) is 0. The largest absolute Gasteiger partial charge is 0.0651 e. The third-order valence-corrected chi connectivity index (χ3v) is 2.53. The zero-order valence-corrected chi connectivity index (χ0v) is 8.57. The van der Waals surface area contributed by atoms with Gasteiger partial charge in [0.15, 0.2) is 0 Å². The van der Waals surface area contributed by atoms with Gasteiger partial charge in [0, 0.05) is 0 Å². The summed E-state index contributed by atoms with van der Waals surface area (Å²) in [4.78, 5) is 0. The first-order valence-electron chi connectivity index (χ1n) is 4.72. The Morgan fingerprint density at radius 3 is 1.92 bits per heavy atom. The summed E-state index contributed by atoms with van der Waals surface area (Å²) in [6, 6.07) is 4.62. The molecule has 0 aliphatic rings. The maximum Gasteiger partial charge on any atom is -0.0281 e. The molecular formula is C12H18. The minimum atomic E-state index is 1.21. The van der Waals surface area contributed by atoms with E-state index >= 15 is 0 Å². The highest BCUT2D eigenvalue weighted by atomic mass is 14.0. The van der Waals surface area contributed by atoms with Gasteiger partial charge in [-0.15, -0.1) is 0 Å². The van der Waals surface area contributed by atoms with E-state index in [1.165, 1.54) is 35.1 Å². The standard InChI is InChI=1S/C12H18/c1-5-6-12-7-9(2)11(4)10(3)8-12/h7-8H,5-6H2,1-4H3. The quantitative estimate of drug-likeness (QED) is 0.623. The second-order valence-electron chi connectivity index (χ2n) is 3.60. The average molecular weight is 162 g/mol. The van der Waals surface area contributed by atoms with Crippen molar-refractivity contribution < 1.29 is 0 Å². The fourth-order valence-electron chi connectivity index (χ4n) is 1.56. The number of hydrogen-bond donors (Lipinski definition) is 0. The van der Waals surface area contributed by atoms with Crippen LogP contribution in [0.1, 0.15) is 35.6 Å². The van der Waals surface area contributed by atoms with Gasteiger partial charge in [0.05, 0.1) is 0 Å². The topological polar surface area (TPSA) is 0 Å². The summed E-state index contributed by atoms with van der Waals surface area (Å²) < 4.78 is 0. The SMILES string of the molecule is CCCc1cc(C)c(C)c(C)c1. The molecule has 0 amide bonds. The molecule has 0 fully saturated rings. The van der Waals surface area contributed by atoms with Crippen LogP contribution < -0.4 is 0 Å². The van der Waals surface area contributed by atoms with Crippen LogP contribution in [0.3, 0.4) is 0 Å². The zero-order valence-electron chi connectivity index (χ0n) is 8.57. The van der Waals surface area contributed by atoms with Crippen LogP contribution in [-0.4, -0.2) is 0 Å². The second-order valence-corrected chi connectivity index (χ2v) is 3.60. The highest BCUT2D eigenvalue weighted by Gasteiger charge is 1.99. The zero-order chi connectivity index (χ0) is 9.14. The summed E-state index contributed by atoms with van der Waals surface area (Å²) in [5.41, 5.74) is 5.78. The van der Waals surface area contributed by atoms with Crippen molar-refractivity contribution in [2.75, 3.05) is 0 Å². The lowest BCUT2D eigenvalue weighted by Gasteiger charge is -2.07. The molecule has 0 aliphatic carbocycles. The monoisotopic (exact) mass is 162 g/mol. The van der Waals surface area contributed by atoms with Crippen molar-refractivity contribution in [2.24, 2.45) is 0 Å². The highest BCUT2D eigenvalue weighted by Crippen LogP contribution is 2.16. The van der Waals surface area contributed by atoms with E-state index in [0.717, 1.165) is 0 Å². The third-order valence-electron chi connectivity index (χ3n) is 2.53. The molecule has 0 saturated carbocycles. The first-order valence-corrected chi connectivity index (χ1v) is 4.72. The third kappa shape index (κ3) is 1.88. The van der Waals surface area contributed by atoms with E-state index in [-0.39, 0.29) is 0 Å². The lowest BCUT2D eigenvalue weighted by Crippen LogP contribution is -1.91. The summed E-state index contributed by atoms with van der Waals surface area (Å²) in [6.07, 6.45) is 2.45. The van der Waals surface area contributed by atoms with Gasteiger partial charge < -0.3 is 0 Å². The van der Waals surface area contributed by atoms with E-state index in [9.17, 15) is 0 Å². The van der Waals surface area contributed by atoms with Gasteiger partial charge in [-0.25, -0.2) is 0 Å². The number of aryl methyl sites for hydroxylation is 3. The van der Waals surface area contributed by atoms with Gasteiger partial charge in [-0.2, -0.15) is 0 Å². The molecule has 0 nitrogen and oxygen atoms in total. The summed E-state index contributed by atoms with van der Waals surface area (Å²) >= 11 is 0. The smallest absolute Gasteiger partial charge is 0.0281 e. The molecule has 0 unspecified atom stereocenters. The van der Waals surface area contributed by atoms with Crippen LogP contribution in [0.5, 0.6) is 0 Å². The Balaban J connectivity index is 3.04. The van der Waals surface area contributed by atoms with Crippen molar-refractivity contribution >= 4 is 0 Å². The van der Waals surface area contributed by atoms with E-state index in [4.69, 9.17) is 0 Å². The van der Waals surface area contributed by atoms with Crippen molar-refractivity contribution in [3.05, 3.63) is 34.4 Å². The summed E-state index contributed by atoms with van der Waals surface area (Å²) in [5, 5.41) is 0. The van der Waals surface area contributed by atoms with Gasteiger partial charge in [-0.05, 0) is 49.4 Å². The lowest BCUT2D eigenvalue weighted by atomic mass is 9.98. The molecule has 0 heteroatoms. The van der Waals surface area contributed by atoms with Crippen LogP contribution in [0.15, 0.2) is 12.1 Å². The Morgan fingerprint density at radius 2 is 1.50 bits per heavy atom. The molecule has 66 valence electrons. The molecule has 0 aromatic heterocycles. The molecule has 0 heterocycles. The van der Waals surface area contributed by atoms with Crippen molar-refractivity contribution in [3.8, 4) is 0 Å². The first kappa shape index (κ1) is 9.31. The molecule has 0 saturated heterocycles. The van der Waals surface area contributed by atoms with Crippen molar-refractivity contribution in [1.29, 1.82) is 0 Å². The van der Waals surface area contributed by atoms with E-state index in [2.05, 4.69) is 39.8 Å². The fourth-order valence-corrected chi connectivity index (χ4v) is 1.56. The maximum atomic E-state index is 2.31. The van der Waals surface area contributed by atoms with Gasteiger partial charge in [-0.3, -0.25) is 0 Å². The molecule has 0 spiro atoms. The van der Waals surface area contributed by atoms with Crippen LogP contribution in [0, 0.1) is 20.8 Å². The van der Waals surface area contributed by atoms with Crippen molar-refractivity contribution in [3.63, 3.8) is 0 Å². The van der Waals surface area contributed by atoms with E-state index in [0.29, 0.717) is 0 Å². The van der Waals surface area contributed by atoms with Crippen molar-refractivity contribution in [2.45, 2.75) is 40.5 Å². The summed E-state index contributed by atoms with van der Waals surface area (Å²) in [5.74, 6) is 0. The molecule has 0 N–H and O–H groups in total. The number of hydrogen-bond acceptors (Lipinski definition) is 0. The highest BCUT2D eigenvalue weighted by molar-refractivity contribution is 5.36. The molecule has 0 radical (unpaired) electrons. The van der Waals surface area contributed by atoms with Gasteiger partial charge >= 0.3 is 0 Å². The van der Waals surface area contributed by atoms with Crippen LogP contribution in [-0.2, 0) is 6.42 Å². The Morgan fingerprint density at radius 1 is 1.00 bits per heavy atom. The Bertz CT molecular complexity index is 248. The first-order chi connectivity index (χ1) is 5.65. The summed E-state index contributed by atoms with van der Waals surface area (Å²) in [6.45, 7) is 8.81. The second kappa shape index (κ2) is 3.75. The van der Waals surface area contributed by atoms with Gasteiger partial charge in [0.1, 0.15) is 0 Å². The van der Waals surface area contributed by atoms with E-state index < -0.39 is 0 Å². The van der Waals surface area contributed by atoms with E-state index in [1.54, 1.807) is 0 Å². The van der Waals surface area contributed by atoms with Gasteiger partial charge in [0.2, 0.25) is 0 Å². The minimum absolute atomic E-state index is 1.21. The molecule has 0 bridgehead atoms. The van der Waals surface area contributed by atoms with Crippen molar-refractivity contribution in [1.82, 2.24) is 0 Å². The van der Waals surface area contributed by atoms with Gasteiger partial charge in [0.25, 0.3) is 0 Å². The van der Waals surface area contributed by atoms with Crippen LogP contribution in [0.25, 0.3) is 0 Å². The molecule has 1 aromatic carbocycles. The number of benzene rings is 1. The predicted molar refractivity (Wildman–Crippen MR) is 54.6 cm³/mol. The Kier molecular flexibility index (Phi) is 2.91. The van der Waals surface area contributed by atoms with Crippen LogP contribution >= 0.6 is 0 Å². The van der Waals surface area contributed by atoms with Crippen LogP contribution in [0.4, 0.5) is 0 Å². The van der Waals surface area contributed by atoms with Gasteiger partial charge in [-0.1, -0.05) is 25.5 Å². The average Bonchev–Trinajstić information content (AvgIpc) is 2.01. The minimum Gasteiger partial charge on any atom is -0.0651 e. The normalized spacial score (nSPS) is 10.3. The lowest BCUT2D eigenvalue weighted by molar-refractivity contribution is 0.916. The Labute approximate surface area is 75.6 Å². The predicted octanol–water partition coefficient (Wildman–Crippen LogP) is 3.56. The molecule has 12 heavy (non-hydrogen) atoms. The number of rotatable bonds is 2. The maximum absolute atomic E-state index is 2.31. The molecule has 1 rings (SSSR count). The Hall–Kier alpha value is -0.780. The molecular weight excluding hydrogens is 144 g/mol. The van der Waals surface area contributed by atoms with E-state index in [1.807, 2.05) is 0 Å². The molecule has 1 aromatic rings. The molecule has 0 aliphatic heterocycles.